The van der Waals surface area contributed by atoms with Crippen molar-refractivity contribution in [2.24, 2.45) is 23.2 Å². The van der Waals surface area contributed by atoms with Crippen LogP contribution >= 0.6 is 23.1 Å². The summed E-state index contributed by atoms with van der Waals surface area (Å²) in [6, 6.07) is 0. The third-order valence-corrected chi connectivity index (χ3v) is 7.05. The first-order valence-corrected chi connectivity index (χ1v) is 8.93. The number of esters is 1. The highest BCUT2D eigenvalue weighted by Gasteiger charge is 2.57. The molecule has 1 aromatic heterocycles. The molecule has 0 aliphatic heterocycles. The van der Waals surface area contributed by atoms with E-state index in [2.05, 4.69) is 31.0 Å². The molecule has 4 rings (SSSR count). The zero-order valence-corrected chi connectivity index (χ0v) is 13.7. The van der Waals surface area contributed by atoms with Crippen molar-refractivity contribution < 1.29 is 9.53 Å². The van der Waals surface area contributed by atoms with Crippen molar-refractivity contribution in [3.05, 3.63) is 5.51 Å². The van der Waals surface area contributed by atoms with Crippen LogP contribution in [0.25, 0.3) is 0 Å². The van der Waals surface area contributed by atoms with E-state index in [1.807, 2.05) is 0 Å². The molecule has 0 N–H and O–H groups in total. The Hall–Kier alpha value is -0.620. The van der Waals surface area contributed by atoms with Crippen LogP contribution in [0.5, 0.6) is 0 Å². The van der Waals surface area contributed by atoms with Crippen LogP contribution in [0.3, 0.4) is 0 Å². The van der Waals surface area contributed by atoms with E-state index in [9.17, 15) is 4.79 Å². The predicted octanol–water partition coefficient (Wildman–Crippen LogP) is 3.24. The average Bonchev–Trinajstić information content (AvgIpc) is 2.91. The Labute approximate surface area is 127 Å². The summed E-state index contributed by atoms with van der Waals surface area (Å²) in [5, 5.41) is 7.67. The monoisotopic (exact) mass is 312 g/mol. The molecule has 0 radical (unpaired) electrons. The number of aromatic nitrogens is 2. The van der Waals surface area contributed by atoms with Gasteiger partial charge >= 0.3 is 5.97 Å². The molecule has 4 nitrogen and oxygen atoms in total. The molecule has 3 saturated carbocycles. The molecule has 3 fully saturated rings. The van der Waals surface area contributed by atoms with Crippen LogP contribution in [-0.4, -0.2) is 28.0 Å². The van der Waals surface area contributed by atoms with Crippen molar-refractivity contribution in [1.82, 2.24) is 10.2 Å². The molecular weight excluding hydrogens is 292 g/mol. The normalized spacial score (nSPS) is 34.4. The quantitative estimate of drug-likeness (QED) is 0.631. The second-order valence-electron chi connectivity index (χ2n) is 6.48. The van der Waals surface area contributed by atoms with Gasteiger partial charge in [-0.1, -0.05) is 43.9 Å². The van der Waals surface area contributed by atoms with Crippen molar-refractivity contribution in [2.45, 2.75) is 44.1 Å². The summed E-state index contributed by atoms with van der Waals surface area (Å²) in [5.74, 6) is 2.11. The lowest BCUT2D eigenvalue weighted by molar-refractivity contribution is -0.183. The van der Waals surface area contributed by atoms with Gasteiger partial charge in [-0.15, -0.1) is 10.2 Å². The summed E-state index contributed by atoms with van der Waals surface area (Å²) in [4.78, 5) is 11.9. The average molecular weight is 312 g/mol. The highest BCUT2D eigenvalue weighted by molar-refractivity contribution is 8.01. The van der Waals surface area contributed by atoms with Crippen LogP contribution in [-0.2, 0) is 9.53 Å². The van der Waals surface area contributed by atoms with E-state index < -0.39 is 0 Å². The van der Waals surface area contributed by atoms with Crippen molar-refractivity contribution in [3.63, 3.8) is 0 Å². The Balaban J connectivity index is 1.50. The van der Waals surface area contributed by atoms with Gasteiger partial charge in [0.2, 0.25) is 0 Å². The van der Waals surface area contributed by atoms with Gasteiger partial charge in [-0.2, -0.15) is 0 Å². The topological polar surface area (TPSA) is 52.1 Å². The Kier molecular flexibility index (Phi) is 3.79. The van der Waals surface area contributed by atoms with Crippen molar-refractivity contribution >= 4 is 29.1 Å². The third kappa shape index (κ3) is 2.48. The number of nitrogens with zero attached hydrogens (tertiary/aromatic N) is 2. The van der Waals surface area contributed by atoms with Crippen molar-refractivity contribution in [2.75, 3.05) is 5.75 Å². The van der Waals surface area contributed by atoms with Gasteiger partial charge in [0.1, 0.15) is 11.6 Å². The summed E-state index contributed by atoms with van der Waals surface area (Å²) in [6.45, 7) is 6.94. The SMILES string of the molecule is C[C@@H]1[C@H]2C[C@H](C[C@H]1OC(=O)CSc1nncs1)C2(C)C. The number of rotatable bonds is 4. The summed E-state index contributed by atoms with van der Waals surface area (Å²) >= 11 is 2.86. The number of carbonyl (C=O) groups is 1. The molecule has 20 heavy (non-hydrogen) atoms. The van der Waals surface area contributed by atoms with Crippen LogP contribution in [0, 0.1) is 23.2 Å². The molecule has 0 aromatic carbocycles. The molecule has 3 aliphatic rings. The highest BCUT2D eigenvalue weighted by Crippen LogP contribution is 2.61. The molecule has 0 spiro atoms. The molecule has 4 atom stereocenters. The van der Waals surface area contributed by atoms with E-state index in [-0.39, 0.29) is 12.1 Å². The van der Waals surface area contributed by atoms with Gasteiger partial charge in [0.25, 0.3) is 0 Å². The molecule has 110 valence electrons. The summed E-state index contributed by atoms with van der Waals surface area (Å²) in [6.07, 6.45) is 2.44. The number of hydrogen-bond donors (Lipinski definition) is 0. The number of carbonyl (C=O) groups excluding carboxylic acids is 1. The van der Waals surface area contributed by atoms with Gasteiger partial charge in [0.15, 0.2) is 4.34 Å². The lowest BCUT2D eigenvalue weighted by Gasteiger charge is -2.61. The second kappa shape index (κ2) is 5.30. The summed E-state index contributed by atoms with van der Waals surface area (Å²) < 4.78 is 6.51. The van der Waals surface area contributed by atoms with Gasteiger partial charge in [-0.25, -0.2) is 0 Å². The number of thioether (sulfide) groups is 1. The fourth-order valence-electron chi connectivity index (χ4n) is 3.81. The molecule has 2 bridgehead atoms. The van der Waals surface area contributed by atoms with Crippen LogP contribution < -0.4 is 0 Å². The molecule has 3 aliphatic carbocycles. The van der Waals surface area contributed by atoms with Gasteiger partial charge in [0.05, 0.1) is 5.75 Å². The lowest BCUT2D eigenvalue weighted by atomic mass is 9.45. The number of fused-ring (bicyclic) bond motifs is 2. The fourth-order valence-corrected chi connectivity index (χ4v) is 5.08. The van der Waals surface area contributed by atoms with E-state index >= 15 is 0 Å². The third-order valence-electron chi connectivity index (χ3n) is 5.22. The zero-order valence-electron chi connectivity index (χ0n) is 12.0. The summed E-state index contributed by atoms with van der Waals surface area (Å²) in [7, 11) is 0. The highest BCUT2D eigenvalue weighted by atomic mass is 32.2. The zero-order chi connectivity index (χ0) is 14.3. The summed E-state index contributed by atoms with van der Waals surface area (Å²) in [5.41, 5.74) is 2.11. The van der Waals surface area contributed by atoms with Gasteiger partial charge in [-0.3, -0.25) is 4.79 Å². The predicted molar refractivity (Wildman–Crippen MR) is 79.7 cm³/mol. The van der Waals surface area contributed by atoms with Crippen LogP contribution in [0.1, 0.15) is 33.6 Å². The van der Waals surface area contributed by atoms with Crippen molar-refractivity contribution in [3.8, 4) is 0 Å². The minimum Gasteiger partial charge on any atom is -0.461 e. The minimum absolute atomic E-state index is 0.106. The molecule has 1 heterocycles. The molecule has 0 amide bonds. The second-order valence-corrected chi connectivity index (χ2v) is 8.53. The van der Waals surface area contributed by atoms with Crippen LogP contribution in [0.15, 0.2) is 9.85 Å². The Morgan fingerprint density at radius 3 is 2.95 bits per heavy atom. The van der Waals surface area contributed by atoms with E-state index in [0.717, 1.165) is 16.7 Å². The maximum absolute atomic E-state index is 11.9. The molecule has 6 heteroatoms. The Morgan fingerprint density at radius 2 is 2.35 bits per heavy atom. The Bertz CT molecular complexity index is 489. The smallest absolute Gasteiger partial charge is 0.316 e. The first kappa shape index (κ1) is 14.3. The number of ether oxygens (including phenoxy) is 1. The van der Waals surface area contributed by atoms with E-state index in [0.29, 0.717) is 23.0 Å². The maximum Gasteiger partial charge on any atom is 0.316 e. The first-order chi connectivity index (χ1) is 9.48. The van der Waals surface area contributed by atoms with E-state index in [1.165, 1.54) is 29.5 Å². The van der Waals surface area contributed by atoms with Crippen LogP contribution in [0.4, 0.5) is 0 Å². The van der Waals surface area contributed by atoms with E-state index in [4.69, 9.17) is 4.74 Å². The lowest BCUT2D eigenvalue weighted by Crippen LogP contribution is -2.57. The molecule has 1 aromatic rings. The Morgan fingerprint density at radius 1 is 1.55 bits per heavy atom. The standard InChI is InChI=1S/C14H20N2O2S2/c1-8-10-4-9(14(10,2)3)5-11(8)18-12(17)6-19-13-16-15-7-20-13/h7-11H,4-6H2,1-3H3/t8-,9-,10-,11-/m1/s1. The van der Waals surface area contributed by atoms with E-state index in [1.54, 1.807) is 5.51 Å². The van der Waals surface area contributed by atoms with Gasteiger partial charge < -0.3 is 4.74 Å². The van der Waals surface area contributed by atoms with Crippen LogP contribution in [0.2, 0.25) is 0 Å². The van der Waals surface area contributed by atoms with Gasteiger partial charge in [-0.05, 0) is 36.0 Å². The largest absolute Gasteiger partial charge is 0.461 e. The molecule has 0 unspecified atom stereocenters. The fraction of sp³-hybridized carbons (Fsp3) is 0.786. The molecule has 0 saturated heterocycles. The minimum atomic E-state index is -0.124. The number of hydrogen-bond acceptors (Lipinski definition) is 6. The van der Waals surface area contributed by atoms with Crippen molar-refractivity contribution in [1.29, 1.82) is 0 Å². The maximum atomic E-state index is 11.9. The first-order valence-electron chi connectivity index (χ1n) is 7.07. The molecular formula is C14H20N2O2S2. The van der Waals surface area contributed by atoms with Gasteiger partial charge in [0, 0.05) is 0 Å².